The van der Waals surface area contributed by atoms with Crippen LogP contribution in [0.4, 0.5) is 0 Å². The number of carbonyl (C=O) groups is 2. The molecule has 1 aromatic heterocycles. The number of aryl methyl sites for hydroxylation is 1. The molecule has 0 radical (unpaired) electrons. The minimum Gasteiger partial charge on any atom is -0.481 e. The maximum atomic E-state index is 11.9. The van der Waals surface area contributed by atoms with Gasteiger partial charge in [-0.25, -0.2) is 4.79 Å². The molecule has 5 nitrogen and oxygen atoms in total. The zero-order valence-corrected chi connectivity index (χ0v) is 12.5. The average molecular weight is 305 g/mol. The van der Waals surface area contributed by atoms with Gasteiger partial charge in [-0.15, -0.1) is 11.3 Å². The monoisotopic (exact) mass is 305 g/mol. The second kappa shape index (κ2) is 6.41. The van der Waals surface area contributed by atoms with E-state index in [9.17, 15) is 9.59 Å². The molecule has 0 saturated heterocycles. The molecule has 2 aromatic rings. The van der Waals surface area contributed by atoms with Gasteiger partial charge in [0.1, 0.15) is 16.4 Å². The van der Waals surface area contributed by atoms with Gasteiger partial charge in [0.15, 0.2) is 6.10 Å². The smallest absolute Gasteiger partial charge is 0.353 e. The van der Waals surface area contributed by atoms with E-state index >= 15 is 0 Å². The zero-order chi connectivity index (χ0) is 15.4. The Morgan fingerprint density at radius 1 is 1.10 bits per heavy atom. The lowest BCUT2D eigenvalue weighted by molar-refractivity contribution is -0.123. The normalized spacial score (nSPS) is 11.7. The molecule has 1 aromatic carbocycles. The second-order valence-electron chi connectivity index (χ2n) is 4.43. The van der Waals surface area contributed by atoms with Crippen LogP contribution in [0.25, 0.3) is 0 Å². The summed E-state index contributed by atoms with van der Waals surface area (Å²) in [5.74, 6) is -0.0518. The van der Waals surface area contributed by atoms with Gasteiger partial charge in [0.05, 0.1) is 0 Å². The zero-order valence-electron chi connectivity index (χ0n) is 11.7. The van der Waals surface area contributed by atoms with E-state index in [4.69, 9.17) is 15.2 Å². The quantitative estimate of drug-likeness (QED) is 0.680. The van der Waals surface area contributed by atoms with E-state index in [0.717, 1.165) is 4.88 Å². The van der Waals surface area contributed by atoms with Crippen molar-refractivity contribution in [2.24, 2.45) is 5.73 Å². The summed E-state index contributed by atoms with van der Waals surface area (Å²) in [4.78, 5) is 24.4. The highest BCUT2D eigenvalue weighted by Crippen LogP contribution is 2.21. The molecule has 2 rings (SSSR count). The van der Waals surface area contributed by atoms with Crippen LogP contribution in [-0.4, -0.2) is 18.0 Å². The summed E-state index contributed by atoms with van der Waals surface area (Å²) in [5, 5.41) is 0. The molecule has 110 valence electrons. The number of nitrogens with two attached hydrogens (primary N) is 1. The van der Waals surface area contributed by atoms with E-state index in [1.54, 1.807) is 37.3 Å². The summed E-state index contributed by atoms with van der Waals surface area (Å²) in [6.45, 7) is 3.49. The standard InChI is InChI=1S/C15H15NO4S/c1-9-3-8-13(21-9)15(18)20-12-6-4-11(5-7-12)19-10(2)14(16)17/h3-8,10H,1-2H3,(H2,16,17)/t10-/m1/s1. The number of ether oxygens (including phenoxy) is 2. The number of rotatable bonds is 5. The van der Waals surface area contributed by atoms with Crippen molar-refractivity contribution in [1.29, 1.82) is 0 Å². The fraction of sp³-hybridized carbons (Fsp3) is 0.200. The van der Waals surface area contributed by atoms with Gasteiger partial charge in [0.2, 0.25) is 0 Å². The van der Waals surface area contributed by atoms with Crippen LogP contribution in [0, 0.1) is 6.92 Å². The molecule has 0 aliphatic rings. The molecule has 1 heterocycles. The molecule has 0 fully saturated rings. The highest BCUT2D eigenvalue weighted by molar-refractivity contribution is 7.13. The lowest BCUT2D eigenvalue weighted by Crippen LogP contribution is -2.30. The van der Waals surface area contributed by atoms with Crippen molar-refractivity contribution in [2.45, 2.75) is 20.0 Å². The fourth-order valence-electron chi connectivity index (χ4n) is 1.55. The molecular formula is C15H15NO4S. The molecule has 0 aliphatic carbocycles. The van der Waals surface area contributed by atoms with Crippen molar-refractivity contribution in [3.05, 3.63) is 46.2 Å². The third kappa shape index (κ3) is 4.06. The highest BCUT2D eigenvalue weighted by atomic mass is 32.1. The van der Waals surface area contributed by atoms with Gasteiger partial charge >= 0.3 is 5.97 Å². The predicted molar refractivity (Wildman–Crippen MR) is 79.7 cm³/mol. The van der Waals surface area contributed by atoms with Crippen molar-refractivity contribution in [1.82, 2.24) is 0 Å². The molecule has 6 heteroatoms. The highest BCUT2D eigenvalue weighted by Gasteiger charge is 2.12. The van der Waals surface area contributed by atoms with Gasteiger partial charge in [-0.05, 0) is 50.2 Å². The first-order chi connectivity index (χ1) is 9.95. The Labute approximate surface area is 126 Å². The maximum absolute atomic E-state index is 11.9. The Hall–Kier alpha value is -2.34. The van der Waals surface area contributed by atoms with Crippen LogP contribution >= 0.6 is 11.3 Å². The number of primary amides is 1. The number of thiophene rings is 1. The SMILES string of the molecule is Cc1ccc(C(=O)Oc2ccc(O[C@H](C)C(N)=O)cc2)s1. The minimum atomic E-state index is -0.715. The van der Waals surface area contributed by atoms with Crippen LogP contribution in [0.1, 0.15) is 21.5 Å². The van der Waals surface area contributed by atoms with Crippen molar-refractivity contribution < 1.29 is 19.1 Å². The predicted octanol–water partition coefficient (Wildman–Crippen LogP) is 2.53. The molecule has 1 atom stereocenters. The van der Waals surface area contributed by atoms with Crippen molar-refractivity contribution >= 4 is 23.2 Å². The van der Waals surface area contributed by atoms with Gasteiger partial charge in [-0.2, -0.15) is 0 Å². The van der Waals surface area contributed by atoms with E-state index in [2.05, 4.69) is 0 Å². The molecular weight excluding hydrogens is 290 g/mol. The Morgan fingerprint density at radius 2 is 1.71 bits per heavy atom. The molecule has 21 heavy (non-hydrogen) atoms. The summed E-state index contributed by atoms with van der Waals surface area (Å²) < 4.78 is 10.6. The first-order valence-corrected chi connectivity index (χ1v) is 7.12. The number of amides is 1. The van der Waals surface area contributed by atoms with E-state index in [0.29, 0.717) is 16.4 Å². The second-order valence-corrected chi connectivity index (χ2v) is 5.72. The summed E-state index contributed by atoms with van der Waals surface area (Å²) in [7, 11) is 0. The summed E-state index contributed by atoms with van der Waals surface area (Å²) >= 11 is 1.38. The number of carbonyl (C=O) groups excluding carboxylic acids is 2. The summed E-state index contributed by atoms with van der Waals surface area (Å²) in [6, 6.07) is 10.0. The lowest BCUT2D eigenvalue weighted by Gasteiger charge is -2.11. The average Bonchev–Trinajstić information content (AvgIpc) is 2.87. The van der Waals surface area contributed by atoms with Crippen LogP contribution in [0.2, 0.25) is 0 Å². The Kier molecular flexibility index (Phi) is 4.59. The van der Waals surface area contributed by atoms with E-state index in [1.807, 2.05) is 13.0 Å². The molecule has 0 aliphatic heterocycles. The topological polar surface area (TPSA) is 78.6 Å². The van der Waals surface area contributed by atoms with Crippen LogP contribution in [0.3, 0.4) is 0 Å². The van der Waals surface area contributed by atoms with Gasteiger partial charge < -0.3 is 15.2 Å². The third-order valence-electron chi connectivity index (χ3n) is 2.69. The Balaban J connectivity index is 1.99. The van der Waals surface area contributed by atoms with E-state index in [1.165, 1.54) is 11.3 Å². The molecule has 0 saturated carbocycles. The molecule has 0 spiro atoms. The van der Waals surface area contributed by atoms with Gasteiger partial charge in [-0.3, -0.25) is 4.79 Å². The number of hydrogen-bond acceptors (Lipinski definition) is 5. The lowest BCUT2D eigenvalue weighted by atomic mass is 10.3. The fourth-order valence-corrected chi connectivity index (χ4v) is 2.29. The van der Waals surface area contributed by atoms with Crippen LogP contribution in [-0.2, 0) is 4.79 Å². The summed E-state index contributed by atoms with van der Waals surface area (Å²) in [6.07, 6.45) is -0.715. The van der Waals surface area contributed by atoms with Gasteiger partial charge in [-0.1, -0.05) is 0 Å². The number of esters is 1. The van der Waals surface area contributed by atoms with Gasteiger partial charge in [0.25, 0.3) is 5.91 Å². The van der Waals surface area contributed by atoms with E-state index < -0.39 is 18.0 Å². The molecule has 0 bridgehead atoms. The Bertz CT molecular complexity index is 648. The van der Waals surface area contributed by atoms with Crippen molar-refractivity contribution in [3.8, 4) is 11.5 Å². The molecule has 1 amide bonds. The minimum absolute atomic E-state index is 0.396. The summed E-state index contributed by atoms with van der Waals surface area (Å²) in [5.41, 5.74) is 5.11. The third-order valence-corrected chi connectivity index (χ3v) is 3.67. The van der Waals surface area contributed by atoms with Crippen LogP contribution in [0.15, 0.2) is 36.4 Å². The van der Waals surface area contributed by atoms with Gasteiger partial charge in [0, 0.05) is 4.88 Å². The first-order valence-electron chi connectivity index (χ1n) is 6.30. The first kappa shape index (κ1) is 15.1. The largest absolute Gasteiger partial charge is 0.481 e. The van der Waals surface area contributed by atoms with E-state index in [-0.39, 0.29) is 0 Å². The number of hydrogen-bond donors (Lipinski definition) is 1. The van der Waals surface area contributed by atoms with Crippen LogP contribution < -0.4 is 15.2 Å². The number of benzene rings is 1. The Morgan fingerprint density at radius 3 is 2.24 bits per heavy atom. The van der Waals surface area contributed by atoms with Crippen LogP contribution in [0.5, 0.6) is 11.5 Å². The molecule has 2 N–H and O–H groups in total. The van der Waals surface area contributed by atoms with Crippen molar-refractivity contribution in [2.75, 3.05) is 0 Å². The molecule has 0 unspecified atom stereocenters. The van der Waals surface area contributed by atoms with Crippen molar-refractivity contribution in [3.63, 3.8) is 0 Å². The maximum Gasteiger partial charge on any atom is 0.353 e.